The minimum absolute atomic E-state index is 0.205. The Kier molecular flexibility index (Phi) is 5.95. The minimum atomic E-state index is -0.529. The Labute approximate surface area is 123 Å². The van der Waals surface area contributed by atoms with Crippen molar-refractivity contribution >= 4 is 12.1 Å². The van der Waals surface area contributed by atoms with E-state index in [9.17, 15) is 9.59 Å². The van der Waals surface area contributed by atoms with E-state index >= 15 is 0 Å². The lowest BCUT2D eigenvalue weighted by Gasteiger charge is -2.19. The Hall–Kier alpha value is -2.31. The van der Waals surface area contributed by atoms with Crippen LogP contribution in [0.2, 0.25) is 0 Å². The van der Waals surface area contributed by atoms with Crippen molar-refractivity contribution in [3.8, 4) is 5.75 Å². The second-order valence-electron chi connectivity index (χ2n) is 5.15. The van der Waals surface area contributed by atoms with Crippen molar-refractivity contribution in [2.45, 2.75) is 26.4 Å². The number of amides is 1. The molecule has 0 aliphatic rings. The summed E-state index contributed by atoms with van der Waals surface area (Å²) in [6.45, 7) is 5.93. The summed E-state index contributed by atoms with van der Waals surface area (Å²) in [6.07, 6.45) is 0.921. The molecule has 0 saturated carbocycles. The van der Waals surface area contributed by atoms with E-state index in [0.717, 1.165) is 0 Å². The standard InChI is InChI=1S/C14H20N2O5/c1-14(2,3)21-13(18)15-7-8-20-10-5-6-11(16-9-10)12(17)19-4/h5-6,9H,7-8H2,1-4H3,(H,15,18). The minimum Gasteiger partial charge on any atom is -0.490 e. The zero-order valence-corrected chi connectivity index (χ0v) is 12.6. The Morgan fingerprint density at radius 2 is 2.00 bits per heavy atom. The van der Waals surface area contributed by atoms with Crippen LogP contribution in [0.1, 0.15) is 31.3 Å². The lowest BCUT2D eigenvalue weighted by atomic mass is 10.2. The van der Waals surface area contributed by atoms with Crippen LogP contribution in [-0.2, 0) is 9.47 Å². The van der Waals surface area contributed by atoms with Gasteiger partial charge in [0, 0.05) is 0 Å². The molecule has 21 heavy (non-hydrogen) atoms. The van der Waals surface area contributed by atoms with Crippen molar-refractivity contribution in [1.82, 2.24) is 10.3 Å². The van der Waals surface area contributed by atoms with Crippen LogP contribution in [-0.4, -0.2) is 42.9 Å². The molecule has 7 heteroatoms. The molecule has 1 N–H and O–H groups in total. The molecule has 0 unspecified atom stereocenters. The number of alkyl carbamates (subject to hydrolysis) is 1. The maximum Gasteiger partial charge on any atom is 0.407 e. The van der Waals surface area contributed by atoms with Crippen LogP contribution >= 0.6 is 0 Å². The van der Waals surface area contributed by atoms with E-state index in [-0.39, 0.29) is 12.3 Å². The number of hydrogen-bond donors (Lipinski definition) is 1. The summed E-state index contributed by atoms with van der Waals surface area (Å²) >= 11 is 0. The van der Waals surface area contributed by atoms with Gasteiger partial charge in [-0.15, -0.1) is 0 Å². The number of esters is 1. The van der Waals surface area contributed by atoms with Gasteiger partial charge in [-0.1, -0.05) is 0 Å². The van der Waals surface area contributed by atoms with E-state index in [1.165, 1.54) is 19.4 Å². The van der Waals surface area contributed by atoms with E-state index in [1.807, 2.05) is 0 Å². The highest BCUT2D eigenvalue weighted by atomic mass is 16.6. The van der Waals surface area contributed by atoms with Gasteiger partial charge in [-0.2, -0.15) is 0 Å². The number of ether oxygens (including phenoxy) is 3. The van der Waals surface area contributed by atoms with Crippen molar-refractivity contribution in [3.05, 3.63) is 24.0 Å². The van der Waals surface area contributed by atoms with E-state index in [0.29, 0.717) is 12.3 Å². The van der Waals surface area contributed by atoms with Gasteiger partial charge in [-0.3, -0.25) is 0 Å². The quantitative estimate of drug-likeness (QED) is 0.658. The largest absolute Gasteiger partial charge is 0.490 e. The summed E-state index contributed by atoms with van der Waals surface area (Å²) in [4.78, 5) is 26.5. The highest BCUT2D eigenvalue weighted by Crippen LogP contribution is 2.09. The van der Waals surface area contributed by atoms with Crippen LogP contribution in [0.15, 0.2) is 18.3 Å². The first-order valence-electron chi connectivity index (χ1n) is 6.46. The molecular weight excluding hydrogens is 276 g/mol. The fraction of sp³-hybridized carbons (Fsp3) is 0.500. The van der Waals surface area contributed by atoms with Gasteiger partial charge in [-0.05, 0) is 32.9 Å². The maximum atomic E-state index is 11.4. The van der Waals surface area contributed by atoms with Gasteiger partial charge in [0.15, 0.2) is 0 Å². The molecule has 1 heterocycles. The molecule has 0 spiro atoms. The molecule has 0 fully saturated rings. The van der Waals surface area contributed by atoms with Gasteiger partial charge in [0.1, 0.15) is 23.7 Å². The van der Waals surface area contributed by atoms with Gasteiger partial charge in [0.25, 0.3) is 0 Å². The fourth-order valence-corrected chi connectivity index (χ4v) is 1.33. The summed E-state index contributed by atoms with van der Waals surface area (Å²) in [6, 6.07) is 3.11. The third-order valence-electron chi connectivity index (χ3n) is 2.17. The first-order chi connectivity index (χ1) is 9.81. The van der Waals surface area contributed by atoms with Crippen LogP contribution in [0.25, 0.3) is 0 Å². The number of carbonyl (C=O) groups is 2. The predicted molar refractivity (Wildman–Crippen MR) is 75.3 cm³/mol. The van der Waals surface area contributed by atoms with Crippen molar-refractivity contribution in [3.63, 3.8) is 0 Å². The molecule has 1 rings (SSSR count). The molecule has 0 aliphatic carbocycles. The normalized spacial score (nSPS) is 10.7. The van der Waals surface area contributed by atoms with Crippen LogP contribution in [0, 0.1) is 0 Å². The van der Waals surface area contributed by atoms with E-state index < -0.39 is 17.7 Å². The molecule has 1 amide bonds. The number of nitrogens with one attached hydrogen (secondary N) is 1. The highest BCUT2D eigenvalue weighted by Gasteiger charge is 2.15. The first-order valence-corrected chi connectivity index (χ1v) is 6.46. The Morgan fingerprint density at radius 3 is 2.52 bits per heavy atom. The average Bonchev–Trinajstić information content (AvgIpc) is 2.41. The molecule has 0 radical (unpaired) electrons. The monoisotopic (exact) mass is 296 g/mol. The average molecular weight is 296 g/mol. The molecule has 0 aromatic carbocycles. The molecule has 0 atom stereocenters. The van der Waals surface area contributed by atoms with Crippen LogP contribution in [0.3, 0.4) is 0 Å². The predicted octanol–water partition coefficient (Wildman–Crippen LogP) is 1.77. The van der Waals surface area contributed by atoms with Crippen LogP contribution < -0.4 is 10.1 Å². The van der Waals surface area contributed by atoms with Gasteiger partial charge in [-0.25, -0.2) is 14.6 Å². The second kappa shape index (κ2) is 7.47. The molecule has 0 saturated heterocycles. The van der Waals surface area contributed by atoms with Crippen molar-refractivity contribution in [2.24, 2.45) is 0 Å². The highest BCUT2D eigenvalue weighted by molar-refractivity contribution is 5.87. The van der Waals surface area contributed by atoms with Gasteiger partial charge < -0.3 is 19.5 Å². The number of hydrogen-bond acceptors (Lipinski definition) is 6. The third-order valence-corrected chi connectivity index (χ3v) is 2.17. The summed E-state index contributed by atoms with van der Waals surface area (Å²) < 4.78 is 15.0. The Balaban J connectivity index is 2.30. The molecule has 116 valence electrons. The Morgan fingerprint density at radius 1 is 1.29 bits per heavy atom. The number of pyridine rings is 1. The second-order valence-corrected chi connectivity index (χ2v) is 5.15. The molecule has 0 aliphatic heterocycles. The molecule has 1 aromatic rings. The molecule has 0 bridgehead atoms. The molecule has 7 nitrogen and oxygen atoms in total. The topological polar surface area (TPSA) is 86.8 Å². The molecule has 1 aromatic heterocycles. The fourth-order valence-electron chi connectivity index (χ4n) is 1.33. The lowest BCUT2D eigenvalue weighted by molar-refractivity contribution is 0.0518. The summed E-state index contributed by atoms with van der Waals surface area (Å²) in [5.74, 6) is -0.0122. The number of rotatable bonds is 5. The smallest absolute Gasteiger partial charge is 0.407 e. The Bertz CT molecular complexity index is 479. The van der Waals surface area contributed by atoms with Crippen molar-refractivity contribution in [1.29, 1.82) is 0 Å². The zero-order valence-electron chi connectivity index (χ0n) is 12.6. The van der Waals surface area contributed by atoms with Crippen LogP contribution in [0.4, 0.5) is 4.79 Å². The number of carbonyl (C=O) groups excluding carboxylic acids is 2. The number of aromatic nitrogens is 1. The third kappa shape index (κ3) is 6.60. The van der Waals surface area contributed by atoms with Gasteiger partial charge >= 0.3 is 12.1 Å². The zero-order chi connectivity index (χ0) is 15.9. The van der Waals surface area contributed by atoms with Gasteiger partial charge in [0.05, 0.1) is 19.9 Å². The van der Waals surface area contributed by atoms with E-state index in [4.69, 9.17) is 9.47 Å². The van der Waals surface area contributed by atoms with E-state index in [1.54, 1.807) is 26.8 Å². The summed E-state index contributed by atoms with van der Waals surface area (Å²) in [7, 11) is 1.29. The van der Waals surface area contributed by atoms with Gasteiger partial charge in [0.2, 0.25) is 0 Å². The number of nitrogens with zero attached hydrogens (tertiary/aromatic N) is 1. The van der Waals surface area contributed by atoms with Crippen molar-refractivity contribution in [2.75, 3.05) is 20.3 Å². The van der Waals surface area contributed by atoms with Crippen LogP contribution in [0.5, 0.6) is 5.75 Å². The first kappa shape index (κ1) is 16.7. The van der Waals surface area contributed by atoms with E-state index in [2.05, 4.69) is 15.0 Å². The summed E-state index contributed by atoms with van der Waals surface area (Å²) in [5, 5.41) is 2.57. The molecular formula is C14H20N2O5. The summed E-state index contributed by atoms with van der Waals surface area (Å²) in [5.41, 5.74) is -0.324. The maximum absolute atomic E-state index is 11.4. The lowest BCUT2D eigenvalue weighted by Crippen LogP contribution is -2.34. The number of methoxy groups -OCH3 is 1. The van der Waals surface area contributed by atoms with Crippen molar-refractivity contribution < 1.29 is 23.8 Å². The SMILES string of the molecule is COC(=O)c1ccc(OCCNC(=O)OC(C)(C)C)cn1.